The number of rotatable bonds is 9. The molecule has 1 heterocycles. The molecule has 170 valence electrons. The van der Waals surface area contributed by atoms with Crippen LogP contribution in [-0.2, 0) is 24.1 Å². The monoisotopic (exact) mass is 432 g/mol. The Morgan fingerprint density at radius 2 is 1.62 bits per heavy atom. The van der Waals surface area contributed by atoms with Gasteiger partial charge in [-0.3, -0.25) is 9.59 Å². The van der Waals surface area contributed by atoms with E-state index in [1.54, 1.807) is 0 Å². The fraction of sp³-hybridized carbons (Fsp3) is 0.500. The van der Waals surface area contributed by atoms with E-state index in [1.165, 1.54) is 55.2 Å². The molecule has 1 unspecified atom stereocenters. The fourth-order valence-corrected chi connectivity index (χ4v) is 5.05. The molecule has 4 nitrogen and oxygen atoms in total. The highest BCUT2D eigenvalue weighted by atomic mass is 16.2. The van der Waals surface area contributed by atoms with Crippen LogP contribution in [0, 0.1) is 6.92 Å². The molecule has 0 spiro atoms. The molecule has 0 saturated carbocycles. The summed E-state index contributed by atoms with van der Waals surface area (Å²) >= 11 is 0. The van der Waals surface area contributed by atoms with E-state index in [0.717, 1.165) is 31.6 Å². The van der Waals surface area contributed by atoms with E-state index in [0.29, 0.717) is 5.56 Å². The van der Waals surface area contributed by atoms with Crippen molar-refractivity contribution in [3.8, 4) is 0 Å². The zero-order valence-electron chi connectivity index (χ0n) is 19.4. The van der Waals surface area contributed by atoms with Gasteiger partial charge in [-0.05, 0) is 81.6 Å². The summed E-state index contributed by atoms with van der Waals surface area (Å²) in [6.45, 7) is 5.12. The zero-order valence-corrected chi connectivity index (χ0v) is 19.4. The maximum absolute atomic E-state index is 12.8. The highest BCUT2D eigenvalue weighted by Gasteiger charge is 2.21. The second-order valence-corrected chi connectivity index (χ2v) is 9.58. The summed E-state index contributed by atoms with van der Waals surface area (Å²) in [7, 11) is 0. The molecule has 1 N–H and O–H groups in total. The fourth-order valence-electron chi connectivity index (χ4n) is 5.05. The number of benzene rings is 2. The number of Topliss-reactive ketones (excluding diaryl/α,β-unsaturated/α-hetero) is 1. The quantitative estimate of drug-likeness (QED) is 0.586. The number of aryl methyl sites for hydroxylation is 3. The molecule has 1 aliphatic carbocycles. The van der Waals surface area contributed by atoms with Gasteiger partial charge in [-0.2, -0.15) is 0 Å². The van der Waals surface area contributed by atoms with E-state index in [-0.39, 0.29) is 30.6 Å². The van der Waals surface area contributed by atoms with Crippen LogP contribution in [0.15, 0.2) is 42.5 Å². The van der Waals surface area contributed by atoms with Crippen LogP contribution in [0.2, 0.25) is 0 Å². The van der Waals surface area contributed by atoms with Gasteiger partial charge in [-0.1, -0.05) is 48.0 Å². The Bertz CT molecular complexity index is 929. The summed E-state index contributed by atoms with van der Waals surface area (Å²) in [5.74, 6) is 0.0125. The molecule has 1 aliphatic heterocycles. The third kappa shape index (κ3) is 6.29. The number of likely N-dealkylation sites (tertiary alicyclic amines) is 1. The minimum atomic E-state index is -0.0207. The van der Waals surface area contributed by atoms with Gasteiger partial charge in [0, 0.05) is 31.0 Å². The molecule has 1 saturated heterocycles. The molecular weight excluding hydrogens is 396 g/mol. The summed E-state index contributed by atoms with van der Waals surface area (Å²) in [6.07, 6.45) is 8.76. The second kappa shape index (κ2) is 10.9. The molecule has 0 radical (unpaired) electrons. The van der Waals surface area contributed by atoms with Crippen LogP contribution in [0.3, 0.4) is 0 Å². The summed E-state index contributed by atoms with van der Waals surface area (Å²) in [6, 6.07) is 14.6. The van der Waals surface area contributed by atoms with Gasteiger partial charge >= 0.3 is 0 Å². The number of fused-ring (bicyclic) bond motifs is 1. The number of nitrogens with zero attached hydrogens (tertiary/aromatic N) is 1. The molecule has 32 heavy (non-hydrogen) atoms. The van der Waals surface area contributed by atoms with Crippen molar-refractivity contribution in [1.29, 1.82) is 0 Å². The lowest BCUT2D eigenvalue weighted by Gasteiger charge is -2.25. The normalized spacial score (nSPS) is 17.0. The van der Waals surface area contributed by atoms with Crippen molar-refractivity contribution >= 4 is 11.7 Å². The first-order valence-corrected chi connectivity index (χ1v) is 12.3. The lowest BCUT2D eigenvalue weighted by Crippen LogP contribution is -2.44. The highest BCUT2D eigenvalue weighted by Crippen LogP contribution is 2.23. The first-order valence-electron chi connectivity index (χ1n) is 12.3. The lowest BCUT2D eigenvalue weighted by atomic mass is 9.89. The Hall–Kier alpha value is -2.46. The van der Waals surface area contributed by atoms with Gasteiger partial charge in [0.05, 0.1) is 0 Å². The first-order chi connectivity index (χ1) is 15.6. The molecule has 1 fully saturated rings. The van der Waals surface area contributed by atoms with Gasteiger partial charge < -0.3 is 10.2 Å². The van der Waals surface area contributed by atoms with Crippen LogP contribution >= 0.6 is 0 Å². The van der Waals surface area contributed by atoms with Crippen molar-refractivity contribution in [2.45, 2.75) is 70.8 Å². The van der Waals surface area contributed by atoms with Crippen LogP contribution in [0.4, 0.5) is 0 Å². The number of amides is 1. The summed E-state index contributed by atoms with van der Waals surface area (Å²) < 4.78 is 0. The van der Waals surface area contributed by atoms with Crippen molar-refractivity contribution in [3.63, 3.8) is 0 Å². The standard InChI is InChI=1S/C28H36N2O2/c1-21-8-11-24(12-9-21)27(31)14-15-28(32)29-26(20-30-16-4-5-17-30)19-22-10-13-23-6-2-3-7-25(23)18-22/h8-13,18,26H,2-7,14-17,19-20H2,1H3,(H,29,32). The Morgan fingerprint density at radius 1 is 0.906 bits per heavy atom. The summed E-state index contributed by atoms with van der Waals surface area (Å²) in [4.78, 5) is 27.7. The van der Waals surface area contributed by atoms with E-state index < -0.39 is 0 Å². The molecule has 2 aromatic carbocycles. The zero-order chi connectivity index (χ0) is 22.3. The van der Waals surface area contributed by atoms with E-state index >= 15 is 0 Å². The van der Waals surface area contributed by atoms with Crippen LogP contribution < -0.4 is 5.32 Å². The predicted octanol–water partition coefficient (Wildman–Crippen LogP) is 4.66. The molecule has 2 aromatic rings. The average molecular weight is 433 g/mol. The van der Waals surface area contributed by atoms with Gasteiger partial charge in [0.2, 0.25) is 5.91 Å². The van der Waals surface area contributed by atoms with E-state index in [2.05, 4.69) is 28.4 Å². The molecular formula is C28H36N2O2. The number of hydrogen-bond donors (Lipinski definition) is 1. The number of ketones is 1. The van der Waals surface area contributed by atoms with Crippen molar-refractivity contribution in [1.82, 2.24) is 10.2 Å². The van der Waals surface area contributed by atoms with Gasteiger partial charge in [-0.15, -0.1) is 0 Å². The molecule has 0 bridgehead atoms. The largest absolute Gasteiger partial charge is 0.352 e. The molecule has 2 aliphatic rings. The minimum Gasteiger partial charge on any atom is -0.352 e. The molecule has 4 rings (SSSR count). The highest BCUT2D eigenvalue weighted by molar-refractivity contribution is 5.98. The molecule has 4 heteroatoms. The van der Waals surface area contributed by atoms with Crippen LogP contribution in [0.5, 0.6) is 0 Å². The second-order valence-electron chi connectivity index (χ2n) is 9.58. The van der Waals surface area contributed by atoms with Crippen molar-refractivity contribution in [2.24, 2.45) is 0 Å². The Labute approximate surface area is 192 Å². The van der Waals surface area contributed by atoms with Gasteiger partial charge in [0.15, 0.2) is 5.78 Å². The van der Waals surface area contributed by atoms with Gasteiger partial charge in [0.25, 0.3) is 0 Å². The Morgan fingerprint density at radius 3 is 2.38 bits per heavy atom. The van der Waals surface area contributed by atoms with Gasteiger partial charge in [-0.25, -0.2) is 0 Å². The molecule has 0 aromatic heterocycles. The van der Waals surface area contributed by atoms with Crippen LogP contribution in [-0.4, -0.2) is 42.3 Å². The molecule has 1 amide bonds. The first kappa shape index (κ1) is 22.7. The van der Waals surface area contributed by atoms with E-state index in [1.807, 2.05) is 31.2 Å². The predicted molar refractivity (Wildman–Crippen MR) is 129 cm³/mol. The average Bonchev–Trinajstić information content (AvgIpc) is 3.31. The maximum Gasteiger partial charge on any atom is 0.220 e. The molecule has 1 atom stereocenters. The third-order valence-electron chi connectivity index (χ3n) is 6.89. The maximum atomic E-state index is 12.8. The number of carbonyl (C=O) groups excluding carboxylic acids is 2. The summed E-state index contributed by atoms with van der Waals surface area (Å²) in [5.41, 5.74) is 6.11. The Kier molecular flexibility index (Phi) is 7.75. The van der Waals surface area contributed by atoms with E-state index in [4.69, 9.17) is 0 Å². The number of hydrogen-bond acceptors (Lipinski definition) is 3. The van der Waals surface area contributed by atoms with Crippen LogP contribution in [0.25, 0.3) is 0 Å². The van der Waals surface area contributed by atoms with Gasteiger partial charge in [0.1, 0.15) is 0 Å². The minimum absolute atomic E-state index is 0.0207. The van der Waals surface area contributed by atoms with E-state index in [9.17, 15) is 9.59 Å². The lowest BCUT2D eigenvalue weighted by molar-refractivity contribution is -0.121. The summed E-state index contributed by atoms with van der Waals surface area (Å²) in [5, 5.41) is 3.26. The van der Waals surface area contributed by atoms with Crippen molar-refractivity contribution in [2.75, 3.05) is 19.6 Å². The topological polar surface area (TPSA) is 49.4 Å². The SMILES string of the molecule is Cc1ccc(C(=O)CCC(=O)NC(Cc2ccc3c(c2)CCCC3)CN2CCCC2)cc1. The van der Waals surface area contributed by atoms with Crippen LogP contribution in [0.1, 0.15) is 71.1 Å². The number of carbonyl (C=O) groups is 2. The Balaban J connectivity index is 1.35. The smallest absolute Gasteiger partial charge is 0.220 e. The third-order valence-corrected chi connectivity index (χ3v) is 6.89. The number of nitrogens with one attached hydrogen (secondary N) is 1. The van der Waals surface area contributed by atoms with Crippen molar-refractivity contribution < 1.29 is 9.59 Å². The van der Waals surface area contributed by atoms with Crippen molar-refractivity contribution in [3.05, 3.63) is 70.3 Å².